The molecule has 1 heterocycles. The lowest BCUT2D eigenvalue weighted by Gasteiger charge is -2.24. The number of carbonyl (C=O) groups excluding carboxylic acids is 2. The third-order valence-corrected chi connectivity index (χ3v) is 5.63. The highest BCUT2D eigenvalue weighted by Gasteiger charge is 2.34. The van der Waals surface area contributed by atoms with Gasteiger partial charge in [0.2, 0.25) is 5.91 Å². The van der Waals surface area contributed by atoms with Gasteiger partial charge in [0, 0.05) is 10.5 Å². The van der Waals surface area contributed by atoms with E-state index in [2.05, 4.69) is 5.32 Å². The number of hydrogen-bond donors (Lipinski definition) is 1. The molecule has 0 radical (unpaired) electrons. The molecule has 30 heavy (non-hydrogen) atoms. The first-order valence-corrected chi connectivity index (χ1v) is 9.64. The minimum absolute atomic E-state index is 0.0746. The smallest absolute Gasteiger partial charge is 0.416 e. The molecular weight excluding hydrogens is 423 g/mol. The molecule has 1 aliphatic rings. The number of thioether (sulfide) groups is 1. The molecule has 1 unspecified atom stereocenters. The van der Waals surface area contributed by atoms with Gasteiger partial charge in [-0.1, -0.05) is 0 Å². The van der Waals surface area contributed by atoms with Gasteiger partial charge in [0.15, 0.2) is 0 Å². The predicted molar refractivity (Wildman–Crippen MR) is 104 cm³/mol. The lowest BCUT2D eigenvalue weighted by molar-refractivity contribution is -0.145. The van der Waals surface area contributed by atoms with E-state index in [0.717, 1.165) is 23.9 Å². The highest BCUT2D eigenvalue weighted by Crippen LogP contribution is 2.40. The summed E-state index contributed by atoms with van der Waals surface area (Å²) in [5.74, 6) is -0.0905. The van der Waals surface area contributed by atoms with E-state index >= 15 is 0 Å². The number of anilines is 1. The van der Waals surface area contributed by atoms with E-state index in [1.54, 1.807) is 18.2 Å². The Morgan fingerprint density at radius 1 is 1.13 bits per heavy atom. The summed E-state index contributed by atoms with van der Waals surface area (Å²) in [7, 11) is 2.99. The molecule has 3 rings (SSSR count). The average molecular weight is 441 g/mol. The summed E-state index contributed by atoms with van der Waals surface area (Å²) in [5.41, 5.74) is -0.186. The molecule has 0 aliphatic carbocycles. The summed E-state index contributed by atoms with van der Waals surface area (Å²) >= 11 is 1.02. The fourth-order valence-electron chi connectivity index (χ4n) is 2.82. The minimum atomic E-state index is -4.51. The topological polar surface area (TPSA) is 73.9 Å². The van der Waals surface area contributed by atoms with Gasteiger partial charge in [0.25, 0.3) is 0 Å². The van der Waals surface area contributed by atoms with E-state index in [-0.39, 0.29) is 18.7 Å². The van der Waals surface area contributed by atoms with Crippen molar-refractivity contribution < 1.29 is 37.0 Å². The van der Waals surface area contributed by atoms with E-state index in [9.17, 15) is 22.8 Å². The first kappa shape index (κ1) is 21.8. The third-order valence-electron chi connectivity index (χ3n) is 4.35. The number of amides is 1. The van der Waals surface area contributed by atoms with Crippen molar-refractivity contribution in [2.24, 2.45) is 0 Å². The molecule has 1 N–H and O–H groups in total. The summed E-state index contributed by atoms with van der Waals surface area (Å²) in [4.78, 5) is 25.0. The lowest BCUT2D eigenvalue weighted by atomic mass is 10.1. The van der Waals surface area contributed by atoms with E-state index < -0.39 is 28.9 Å². The Labute approximate surface area is 174 Å². The van der Waals surface area contributed by atoms with Crippen LogP contribution in [-0.4, -0.2) is 31.3 Å². The largest absolute Gasteiger partial charge is 0.497 e. The van der Waals surface area contributed by atoms with Crippen LogP contribution in [0.2, 0.25) is 0 Å². The zero-order valence-corrected chi connectivity index (χ0v) is 16.9. The first-order chi connectivity index (χ1) is 14.2. The molecule has 1 atom stereocenters. The number of benzene rings is 2. The highest BCUT2D eigenvalue weighted by atomic mass is 32.2. The van der Waals surface area contributed by atoms with Crippen LogP contribution in [0.4, 0.5) is 18.9 Å². The summed E-state index contributed by atoms with van der Waals surface area (Å²) in [6.45, 7) is -0.0796. The van der Waals surface area contributed by atoms with Crippen LogP contribution in [0.1, 0.15) is 17.5 Å². The van der Waals surface area contributed by atoms with Gasteiger partial charge < -0.3 is 19.5 Å². The van der Waals surface area contributed by atoms with Crippen LogP contribution >= 0.6 is 11.8 Å². The zero-order valence-electron chi connectivity index (χ0n) is 16.0. The van der Waals surface area contributed by atoms with Crippen LogP contribution in [-0.2, 0) is 27.1 Å². The predicted octanol–water partition coefficient (Wildman–Crippen LogP) is 4.27. The van der Waals surface area contributed by atoms with Crippen molar-refractivity contribution in [3.05, 3.63) is 47.5 Å². The maximum Gasteiger partial charge on any atom is 0.416 e. The average Bonchev–Trinajstić information content (AvgIpc) is 2.71. The lowest BCUT2D eigenvalue weighted by Crippen LogP contribution is -2.31. The van der Waals surface area contributed by atoms with E-state index in [1.807, 2.05) is 0 Å². The standard InChI is InChI=1S/C20H18F3NO5S/c1-27-13-4-5-15(28-2)11(7-13)10-29-18(25)9-17-19(26)24-14-8-12(20(21,22)23)3-6-16(14)30-17/h3-8,17H,9-10H2,1-2H3,(H,24,26). The van der Waals surface area contributed by atoms with Gasteiger partial charge in [-0.2, -0.15) is 13.2 Å². The van der Waals surface area contributed by atoms with Crippen LogP contribution in [0.3, 0.4) is 0 Å². The Morgan fingerprint density at radius 3 is 2.57 bits per heavy atom. The number of rotatable bonds is 6. The summed E-state index contributed by atoms with van der Waals surface area (Å²) in [6.07, 6.45) is -4.74. The maximum absolute atomic E-state index is 12.8. The number of esters is 1. The SMILES string of the molecule is COc1ccc(OC)c(COC(=O)CC2Sc3ccc(C(F)(F)F)cc3NC2=O)c1. The molecule has 1 amide bonds. The monoisotopic (exact) mass is 441 g/mol. The van der Waals surface area contributed by atoms with Crippen molar-refractivity contribution in [3.63, 3.8) is 0 Å². The molecule has 0 spiro atoms. The Kier molecular flexibility index (Phi) is 6.45. The maximum atomic E-state index is 12.8. The number of methoxy groups -OCH3 is 2. The number of alkyl halides is 3. The number of ether oxygens (including phenoxy) is 3. The Morgan fingerprint density at radius 2 is 1.90 bits per heavy atom. The molecule has 6 nitrogen and oxygen atoms in total. The fourth-order valence-corrected chi connectivity index (χ4v) is 3.90. The quantitative estimate of drug-likeness (QED) is 0.675. The molecule has 0 bridgehead atoms. The number of carbonyl (C=O) groups is 2. The van der Waals surface area contributed by atoms with Crippen molar-refractivity contribution in [3.8, 4) is 11.5 Å². The van der Waals surface area contributed by atoms with Gasteiger partial charge in [-0.3, -0.25) is 9.59 Å². The van der Waals surface area contributed by atoms with Crippen LogP contribution in [0, 0.1) is 0 Å². The van der Waals surface area contributed by atoms with Crippen molar-refractivity contribution >= 4 is 29.3 Å². The van der Waals surface area contributed by atoms with Crippen LogP contribution in [0.25, 0.3) is 0 Å². The normalized spacial score (nSPS) is 15.8. The molecule has 0 saturated heterocycles. The van der Waals surface area contributed by atoms with Crippen molar-refractivity contribution in [1.82, 2.24) is 0 Å². The van der Waals surface area contributed by atoms with E-state index in [4.69, 9.17) is 14.2 Å². The molecule has 160 valence electrons. The molecule has 2 aromatic rings. The van der Waals surface area contributed by atoms with Gasteiger partial charge in [-0.05, 0) is 36.4 Å². The summed E-state index contributed by atoms with van der Waals surface area (Å²) < 4.78 is 54.1. The molecule has 2 aromatic carbocycles. The van der Waals surface area contributed by atoms with Crippen molar-refractivity contribution in [2.45, 2.75) is 29.3 Å². The second-order valence-corrected chi connectivity index (χ2v) is 7.59. The molecule has 0 fully saturated rings. The van der Waals surface area contributed by atoms with E-state index in [0.29, 0.717) is 22.0 Å². The van der Waals surface area contributed by atoms with Gasteiger partial charge in [0.05, 0.1) is 37.1 Å². The van der Waals surface area contributed by atoms with Crippen LogP contribution in [0.5, 0.6) is 11.5 Å². The molecule has 10 heteroatoms. The highest BCUT2D eigenvalue weighted by molar-refractivity contribution is 8.01. The number of hydrogen-bond acceptors (Lipinski definition) is 6. The molecular formula is C20H18F3NO5S. The van der Waals surface area contributed by atoms with Gasteiger partial charge >= 0.3 is 12.1 Å². The Bertz CT molecular complexity index is 964. The summed E-state index contributed by atoms with van der Waals surface area (Å²) in [6, 6.07) is 8.15. The number of nitrogens with one attached hydrogen (secondary N) is 1. The molecule has 0 saturated carbocycles. The Balaban J connectivity index is 1.63. The number of halogens is 3. The minimum Gasteiger partial charge on any atom is -0.497 e. The van der Waals surface area contributed by atoms with Crippen molar-refractivity contribution in [2.75, 3.05) is 19.5 Å². The van der Waals surface area contributed by atoms with Crippen LogP contribution in [0.15, 0.2) is 41.3 Å². The number of fused-ring (bicyclic) bond motifs is 1. The van der Waals surface area contributed by atoms with Gasteiger partial charge in [0.1, 0.15) is 18.1 Å². The van der Waals surface area contributed by atoms with Crippen LogP contribution < -0.4 is 14.8 Å². The first-order valence-electron chi connectivity index (χ1n) is 8.76. The van der Waals surface area contributed by atoms with Crippen molar-refractivity contribution in [1.29, 1.82) is 0 Å². The van der Waals surface area contributed by atoms with Gasteiger partial charge in [-0.25, -0.2) is 0 Å². The molecule has 0 aromatic heterocycles. The molecule has 1 aliphatic heterocycles. The van der Waals surface area contributed by atoms with Gasteiger partial charge in [-0.15, -0.1) is 11.8 Å². The van der Waals surface area contributed by atoms with E-state index in [1.165, 1.54) is 20.3 Å². The zero-order chi connectivity index (χ0) is 21.9. The third kappa shape index (κ3) is 4.99. The second kappa shape index (κ2) is 8.86. The second-order valence-electron chi connectivity index (χ2n) is 6.35. The summed E-state index contributed by atoms with van der Waals surface area (Å²) in [5, 5.41) is 1.62. The Hall–Kier alpha value is -2.88. The fraction of sp³-hybridized carbons (Fsp3) is 0.300.